The lowest BCUT2D eigenvalue weighted by Crippen LogP contribution is -2.61. The number of hydrogen-bond acceptors (Lipinski definition) is 6. The van der Waals surface area contributed by atoms with Crippen LogP contribution in [-0.2, 0) is 9.53 Å². The summed E-state index contributed by atoms with van der Waals surface area (Å²) in [7, 11) is 0. The first-order chi connectivity index (χ1) is 9.81. The third-order valence-electron chi connectivity index (χ3n) is 3.54. The minimum Gasteiger partial charge on any atom is -0.479 e. The number of carboxylic acid groups (broad SMARTS) is 1. The van der Waals surface area contributed by atoms with E-state index < -0.39 is 36.7 Å². The second-order valence-electron chi connectivity index (χ2n) is 5.10. The summed E-state index contributed by atoms with van der Waals surface area (Å²) < 4.78 is 10.4. The molecule has 0 radical (unpaired) electrons. The topological polar surface area (TPSA) is 116 Å². The van der Waals surface area contributed by atoms with Gasteiger partial charge < -0.3 is 29.9 Å². The smallest absolute Gasteiger partial charge is 0.335 e. The first kappa shape index (κ1) is 15.7. The van der Waals surface area contributed by atoms with Gasteiger partial charge in [0.15, 0.2) is 6.10 Å². The molecule has 5 atom stereocenters. The average molecular weight is 298 g/mol. The Labute approximate surface area is 121 Å². The maximum atomic E-state index is 11.0. The minimum absolute atomic E-state index is 0.370. The van der Waals surface area contributed by atoms with Crippen LogP contribution >= 0.6 is 0 Å². The Morgan fingerprint density at radius 1 is 1.10 bits per heavy atom. The highest BCUT2D eigenvalue weighted by molar-refractivity contribution is 5.73. The van der Waals surface area contributed by atoms with Gasteiger partial charge in [-0.1, -0.05) is 6.07 Å². The van der Waals surface area contributed by atoms with Crippen LogP contribution in [0.15, 0.2) is 18.2 Å². The van der Waals surface area contributed by atoms with Crippen molar-refractivity contribution in [2.45, 2.75) is 44.6 Å². The molecule has 2 rings (SSSR count). The van der Waals surface area contributed by atoms with Gasteiger partial charge in [-0.25, -0.2) is 4.79 Å². The summed E-state index contributed by atoms with van der Waals surface area (Å²) in [6.45, 7) is 3.80. The number of carbonyl (C=O) groups is 1. The van der Waals surface area contributed by atoms with Crippen LogP contribution in [0.25, 0.3) is 0 Å². The fourth-order valence-electron chi connectivity index (χ4n) is 2.07. The van der Waals surface area contributed by atoms with Crippen LogP contribution in [0, 0.1) is 13.8 Å². The van der Waals surface area contributed by atoms with E-state index in [0.717, 1.165) is 11.1 Å². The molecule has 0 amide bonds. The molecule has 1 aromatic rings. The van der Waals surface area contributed by atoms with E-state index in [2.05, 4.69) is 0 Å². The summed E-state index contributed by atoms with van der Waals surface area (Å²) in [4.78, 5) is 11.0. The number of aliphatic hydroxyl groups excluding tert-OH is 3. The quantitative estimate of drug-likeness (QED) is 0.598. The zero-order chi connectivity index (χ0) is 15.7. The molecule has 1 fully saturated rings. The monoisotopic (exact) mass is 298 g/mol. The van der Waals surface area contributed by atoms with Crippen LogP contribution in [0.4, 0.5) is 0 Å². The third kappa shape index (κ3) is 3.16. The predicted octanol–water partition coefficient (Wildman–Crippen LogP) is -0.426. The average Bonchev–Trinajstić information content (AvgIpc) is 2.43. The van der Waals surface area contributed by atoms with Gasteiger partial charge in [-0.2, -0.15) is 0 Å². The molecule has 7 nitrogen and oxygen atoms in total. The number of carboxylic acids is 1. The second-order valence-corrected chi connectivity index (χ2v) is 5.10. The van der Waals surface area contributed by atoms with Gasteiger partial charge in [-0.3, -0.25) is 0 Å². The maximum Gasteiger partial charge on any atom is 0.335 e. The van der Waals surface area contributed by atoms with Gasteiger partial charge in [0.2, 0.25) is 6.29 Å². The van der Waals surface area contributed by atoms with E-state index in [4.69, 9.17) is 14.6 Å². The summed E-state index contributed by atoms with van der Waals surface area (Å²) in [5, 5.41) is 38.0. The van der Waals surface area contributed by atoms with Crippen LogP contribution in [0.1, 0.15) is 11.1 Å². The number of aliphatic carboxylic acids is 1. The summed E-state index contributed by atoms with van der Waals surface area (Å²) in [5.41, 5.74) is 2.00. The van der Waals surface area contributed by atoms with Crippen molar-refractivity contribution >= 4 is 5.97 Å². The molecule has 1 heterocycles. The molecule has 1 saturated heterocycles. The van der Waals surface area contributed by atoms with Gasteiger partial charge >= 0.3 is 5.97 Å². The fourth-order valence-corrected chi connectivity index (χ4v) is 2.07. The summed E-state index contributed by atoms with van der Waals surface area (Å²) >= 11 is 0. The van der Waals surface area contributed by atoms with Crippen LogP contribution < -0.4 is 4.74 Å². The molecular weight excluding hydrogens is 280 g/mol. The number of hydrogen-bond donors (Lipinski definition) is 4. The van der Waals surface area contributed by atoms with Crippen LogP contribution in [0.3, 0.4) is 0 Å². The summed E-state index contributed by atoms with van der Waals surface area (Å²) in [6, 6.07) is 5.16. The first-order valence-corrected chi connectivity index (χ1v) is 6.47. The van der Waals surface area contributed by atoms with Gasteiger partial charge in [0.05, 0.1) is 0 Å². The molecule has 0 saturated carbocycles. The van der Waals surface area contributed by atoms with Crippen molar-refractivity contribution in [1.29, 1.82) is 0 Å². The van der Waals surface area contributed by atoms with E-state index in [0.29, 0.717) is 5.75 Å². The predicted molar refractivity (Wildman–Crippen MR) is 70.9 cm³/mol. The van der Waals surface area contributed by atoms with E-state index in [-0.39, 0.29) is 0 Å². The number of aryl methyl sites for hydroxylation is 2. The molecule has 0 spiro atoms. The molecule has 7 heteroatoms. The standard InChI is InChI=1S/C14H18O7/c1-6-3-4-8(5-7(6)2)20-14-11(17)9(15)10(16)12(21-14)13(18)19/h3-5,9-12,14-17H,1-2H3,(H,18,19)/t9-,10-,11+,12-,14+/m0/s1. The molecule has 4 N–H and O–H groups in total. The highest BCUT2D eigenvalue weighted by Gasteiger charge is 2.48. The lowest BCUT2D eigenvalue weighted by molar-refractivity contribution is -0.271. The van der Waals surface area contributed by atoms with E-state index in [1.165, 1.54) is 0 Å². The Morgan fingerprint density at radius 2 is 1.76 bits per heavy atom. The van der Waals surface area contributed by atoms with Crippen molar-refractivity contribution in [1.82, 2.24) is 0 Å². The highest BCUT2D eigenvalue weighted by atomic mass is 16.7. The van der Waals surface area contributed by atoms with Crippen molar-refractivity contribution < 1.29 is 34.7 Å². The molecule has 0 aliphatic carbocycles. The molecule has 1 aromatic carbocycles. The fraction of sp³-hybridized carbons (Fsp3) is 0.500. The third-order valence-corrected chi connectivity index (χ3v) is 3.54. The van der Waals surface area contributed by atoms with Crippen LogP contribution in [-0.4, -0.2) is 57.1 Å². The zero-order valence-corrected chi connectivity index (χ0v) is 11.6. The molecule has 1 aliphatic rings. The zero-order valence-electron chi connectivity index (χ0n) is 11.6. The Balaban J connectivity index is 2.17. The Kier molecular flexibility index (Phi) is 4.48. The van der Waals surface area contributed by atoms with Gasteiger partial charge in [0.1, 0.15) is 24.1 Å². The summed E-state index contributed by atoms with van der Waals surface area (Å²) in [5.74, 6) is -1.07. The SMILES string of the molecule is Cc1ccc(O[C@@H]2O[C@H](C(=O)O)[C@@H](O)[C@H](O)[C@H]2O)cc1C. The van der Waals surface area contributed by atoms with Gasteiger partial charge in [-0.15, -0.1) is 0 Å². The van der Waals surface area contributed by atoms with Gasteiger partial charge in [0, 0.05) is 0 Å². The molecular formula is C14H18O7. The molecule has 21 heavy (non-hydrogen) atoms. The van der Waals surface area contributed by atoms with E-state index in [1.54, 1.807) is 18.2 Å². The lowest BCUT2D eigenvalue weighted by atomic mass is 9.99. The van der Waals surface area contributed by atoms with E-state index in [9.17, 15) is 20.1 Å². The van der Waals surface area contributed by atoms with Crippen molar-refractivity contribution in [3.8, 4) is 5.75 Å². The number of ether oxygens (including phenoxy) is 2. The minimum atomic E-state index is -1.72. The molecule has 0 aromatic heterocycles. The van der Waals surface area contributed by atoms with Crippen molar-refractivity contribution in [2.75, 3.05) is 0 Å². The molecule has 0 unspecified atom stereocenters. The Morgan fingerprint density at radius 3 is 2.33 bits per heavy atom. The first-order valence-electron chi connectivity index (χ1n) is 6.47. The van der Waals surface area contributed by atoms with Crippen LogP contribution in [0.5, 0.6) is 5.75 Å². The normalized spacial score (nSPS) is 32.7. The van der Waals surface area contributed by atoms with E-state index >= 15 is 0 Å². The lowest BCUT2D eigenvalue weighted by Gasteiger charge is -2.38. The Bertz CT molecular complexity index is 530. The molecule has 1 aliphatic heterocycles. The van der Waals surface area contributed by atoms with Crippen molar-refractivity contribution in [3.63, 3.8) is 0 Å². The van der Waals surface area contributed by atoms with Gasteiger partial charge in [0.25, 0.3) is 0 Å². The second kappa shape index (κ2) is 5.98. The molecule has 116 valence electrons. The van der Waals surface area contributed by atoms with Crippen molar-refractivity contribution in [2.24, 2.45) is 0 Å². The van der Waals surface area contributed by atoms with Crippen LogP contribution in [0.2, 0.25) is 0 Å². The largest absolute Gasteiger partial charge is 0.479 e. The number of aliphatic hydroxyl groups is 3. The Hall–Kier alpha value is -1.67. The number of benzene rings is 1. The maximum absolute atomic E-state index is 11.0. The number of rotatable bonds is 3. The van der Waals surface area contributed by atoms with Gasteiger partial charge in [-0.05, 0) is 37.1 Å². The van der Waals surface area contributed by atoms with E-state index in [1.807, 2.05) is 13.8 Å². The highest BCUT2D eigenvalue weighted by Crippen LogP contribution is 2.25. The summed E-state index contributed by atoms with van der Waals surface area (Å²) in [6.07, 6.45) is -8.00. The van der Waals surface area contributed by atoms with Crippen molar-refractivity contribution in [3.05, 3.63) is 29.3 Å². The molecule has 0 bridgehead atoms.